The van der Waals surface area contributed by atoms with Gasteiger partial charge in [-0.05, 0) is 12.0 Å². The van der Waals surface area contributed by atoms with Crippen molar-refractivity contribution in [2.24, 2.45) is 16.6 Å². The Labute approximate surface area is 108 Å². The average Bonchev–Trinajstić information content (AvgIpc) is 2.80. The van der Waals surface area contributed by atoms with Gasteiger partial charge < -0.3 is 15.6 Å². The molecule has 1 aliphatic carbocycles. The van der Waals surface area contributed by atoms with Gasteiger partial charge in [-0.15, -0.1) is 0 Å². The van der Waals surface area contributed by atoms with E-state index in [1.165, 1.54) is 19.4 Å². The molecule has 0 radical (unpaired) electrons. The van der Waals surface area contributed by atoms with Crippen molar-refractivity contribution in [1.82, 2.24) is 0 Å². The van der Waals surface area contributed by atoms with Crippen LogP contribution in [-0.4, -0.2) is 42.3 Å². The van der Waals surface area contributed by atoms with E-state index in [-0.39, 0.29) is 17.6 Å². The van der Waals surface area contributed by atoms with E-state index in [4.69, 9.17) is 10.8 Å². The van der Waals surface area contributed by atoms with Crippen molar-refractivity contribution in [1.29, 1.82) is 0 Å². The molecular formula is C12H12N2O5. The third-order valence-electron chi connectivity index (χ3n) is 3.15. The molecule has 2 atom stereocenters. The predicted octanol–water partition coefficient (Wildman–Crippen LogP) is -0.575. The minimum absolute atomic E-state index is 0.110. The molecule has 0 fully saturated rings. The van der Waals surface area contributed by atoms with Crippen molar-refractivity contribution in [3.05, 3.63) is 22.8 Å². The number of primary amides is 1. The standard InChI is InChI=1S/C12H12N2O5/c1-19-12(18)7-3-5(11(16)17)2-6-8(10(13)15)4-14-9(6)7/h3-5,9H,2H2,1H3,(H2,13,15)(H,16,17)/t5?,9-/m0/s1. The van der Waals surface area contributed by atoms with Gasteiger partial charge in [0.1, 0.15) is 6.04 Å². The Kier molecular flexibility index (Phi) is 3.20. The molecule has 2 rings (SSSR count). The number of aliphatic imine (C=N–C) groups is 1. The minimum Gasteiger partial charge on any atom is -0.481 e. The van der Waals surface area contributed by atoms with Gasteiger partial charge in [-0.2, -0.15) is 0 Å². The van der Waals surface area contributed by atoms with Gasteiger partial charge in [0, 0.05) is 6.21 Å². The van der Waals surface area contributed by atoms with Crippen LogP contribution in [0.2, 0.25) is 0 Å². The molecule has 0 spiro atoms. The Balaban J connectivity index is 2.50. The number of aliphatic carboxylic acids is 1. The summed E-state index contributed by atoms with van der Waals surface area (Å²) in [5.41, 5.74) is 5.97. The molecule has 0 saturated carbocycles. The number of carbonyl (C=O) groups is 3. The maximum atomic E-state index is 11.7. The maximum absolute atomic E-state index is 11.7. The second-order valence-electron chi connectivity index (χ2n) is 4.25. The lowest BCUT2D eigenvalue weighted by atomic mass is 9.82. The lowest BCUT2D eigenvalue weighted by molar-refractivity contribution is -0.140. The summed E-state index contributed by atoms with van der Waals surface area (Å²) >= 11 is 0. The molecule has 1 unspecified atom stereocenters. The van der Waals surface area contributed by atoms with Gasteiger partial charge in [0.15, 0.2) is 0 Å². The molecule has 7 nitrogen and oxygen atoms in total. The fourth-order valence-electron chi connectivity index (χ4n) is 2.24. The highest BCUT2D eigenvalue weighted by Gasteiger charge is 2.38. The number of carbonyl (C=O) groups excluding carboxylic acids is 2. The van der Waals surface area contributed by atoms with Gasteiger partial charge in [0.2, 0.25) is 5.91 Å². The Morgan fingerprint density at radius 2 is 2.16 bits per heavy atom. The number of carboxylic acids is 1. The minimum atomic E-state index is -1.08. The SMILES string of the molecule is COC(=O)C1=CC(C(=O)O)CC2=C(C(N)=O)C=N[C@H]12. The summed E-state index contributed by atoms with van der Waals surface area (Å²) in [4.78, 5) is 38.1. The Morgan fingerprint density at radius 1 is 1.47 bits per heavy atom. The molecule has 1 amide bonds. The molecule has 1 heterocycles. The quantitative estimate of drug-likeness (QED) is 0.661. The van der Waals surface area contributed by atoms with Gasteiger partial charge in [-0.25, -0.2) is 4.79 Å². The number of hydrogen-bond donors (Lipinski definition) is 2. The molecule has 100 valence electrons. The topological polar surface area (TPSA) is 119 Å². The van der Waals surface area contributed by atoms with Crippen molar-refractivity contribution in [3.63, 3.8) is 0 Å². The second-order valence-corrected chi connectivity index (χ2v) is 4.25. The van der Waals surface area contributed by atoms with Crippen LogP contribution in [0.15, 0.2) is 27.8 Å². The zero-order chi connectivity index (χ0) is 14.2. The van der Waals surface area contributed by atoms with Gasteiger partial charge in [0.05, 0.1) is 24.2 Å². The molecule has 0 aromatic heterocycles. The number of ether oxygens (including phenoxy) is 1. The van der Waals surface area contributed by atoms with Gasteiger partial charge in [0.25, 0.3) is 0 Å². The fraction of sp³-hybridized carbons (Fsp3) is 0.333. The third-order valence-corrected chi connectivity index (χ3v) is 3.15. The van der Waals surface area contributed by atoms with Gasteiger partial charge in [-0.1, -0.05) is 6.08 Å². The Morgan fingerprint density at radius 3 is 2.68 bits per heavy atom. The number of fused-ring (bicyclic) bond motifs is 1. The van der Waals surface area contributed by atoms with Crippen LogP contribution in [-0.2, 0) is 19.1 Å². The van der Waals surface area contributed by atoms with E-state index in [1.807, 2.05) is 0 Å². The molecule has 0 bridgehead atoms. The van der Waals surface area contributed by atoms with E-state index in [2.05, 4.69) is 9.73 Å². The average molecular weight is 264 g/mol. The zero-order valence-corrected chi connectivity index (χ0v) is 10.1. The Hall–Kier alpha value is -2.44. The maximum Gasteiger partial charge on any atom is 0.335 e. The molecule has 3 N–H and O–H groups in total. The van der Waals surface area contributed by atoms with Crippen LogP contribution >= 0.6 is 0 Å². The van der Waals surface area contributed by atoms with Crippen LogP contribution in [0.5, 0.6) is 0 Å². The van der Waals surface area contributed by atoms with Crippen LogP contribution in [0, 0.1) is 5.92 Å². The van der Waals surface area contributed by atoms with E-state index in [0.29, 0.717) is 5.57 Å². The first-order valence-electron chi connectivity index (χ1n) is 5.54. The summed E-state index contributed by atoms with van der Waals surface area (Å²) in [5, 5.41) is 9.08. The number of rotatable bonds is 3. The molecule has 19 heavy (non-hydrogen) atoms. The highest BCUT2D eigenvalue weighted by Crippen LogP contribution is 2.35. The first kappa shape index (κ1) is 13.0. The summed E-state index contributed by atoms with van der Waals surface area (Å²) < 4.78 is 4.61. The summed E-state index contributed by atoms with van der Waals surface area (Å²) in [6.45, 7) is 0. The van der Waals surface area contributed by atoms with E-state index < -0.39 is 29.8 Å². The van der Waals surface area contributed by atoms with E-state index in [0.717, 1.165) is 0 Å². The molecule has 1 aliphatic heterocycles. The number of nitrogens with zero attached hydrogens (tertiary/aromatic N) is 1. The normalized spacial score (nSPS) is 24.8. The lowest BCUT2D eigenvalue weighted by Gasteiger charge is -2.24. The van der Waals surface area contributed by atoms with Gasteiger partial charge in [-0.3, -0.25) is 14.6 Å². The number of amides is 1. The molecule has 2 aliphatic rings. The van der Waals surface area contributed by atoms with Crippen LogP contribution < -0.4 is 5.73 Å². The van der Waals surface area contributed by atoms with Crippen molar-refractivity contribution in [2.75, 3.05) is 7.11 Å². The number of carboxylic acid groups (broad SMARTS) is 1. The number of esters is 1. The number of nitrogens with two attached hydrogens (primary N) is 1. The summed E-state index contributed by atoms with van der Waals surface area (Å²) in [6.07, 6.45) is 2.71. The largest absolute Gasteiger partial charge is 0.481 e. The lowest BCUT2D eigenvalue weighted by Crippen LogP contribution is -2.29. The van der Waals surface area contributed by atoms with Crippen molar-refractivity contribution in [2.45, 2.75) is 12.5 Å². The molecule has 0 saturated heterocycles. The number of hydrogen-bond acceptors (Lipinski definition) is 5. The molecule has 7 heteroatoms. The van der Waals surface area contributed by atoms with Gasteiger partial charge >= 0.3 is 11.9 Å². The summed E-state index contributed by atoms with van der Waals surface area (Å²) in [5.74, 6) is -3.31. The monoisotopic (exact) mass is 264 g/mol. The van der Waals surface area contributed by atoms with E-state index in [9.17, 15) is 14.4 Å². The summed E-state index contributed by atoms with van der Waals surface area (Å²) in [7, 11) is 1.20. The molecule has 0 aromatic rings. The van der Waals surface area contributed by atoms with Crippen molar-refractivity contribution < 1.29 is 24.2 Å². The number of methoxy groups -OCH3 is 1. The van der Waals surface area contributed by atoms with Crippen molar-refractivity contribution in [3.8, 4) is 0 Å². The Bertz CT molecular complexity index is 558. The highest BCUT2D eigenvalue weighted by atomic mass is 16.5. The van der Waals surface area contributed by atoms with Crippen LogP contribution in [0.4, 0.5) is 0 Å². The first-order chi connectivity index (χ1) is 8.95. The van der Waals surface area contributed by atoms with Crippen LogP contribution in [0.25, 0.3) is 0 Å². The van der Waals surface area contributed by atoms with Crippen LogP contribution in [0.3, 0.4) is 0 Å². The van der Waals surface area contributed by atoms with E-state index >= 15 is 0 Å². The second kappa shape index (κ2) is 4.68. The van der Waals surface area contributed by atoms with Crippen LogP contribution in [0.1, 0.15) is 6.42 Å². The highest BCUT2D eigenvalue weighted by molar-refractivity contribution is 6.14. The molecule has 0 aromatic carbocycles. The van der Waals surface area contributed by atoms with Crippen molar-refractivity contribution >= 4 is 24.1 Å². The smallest absolute Gasteiger partial charge is 0.335 e. The summed E-state index contributed by atoms with van der Waals surface area (Å²) in [6, 6.07) is -0.662. The first-order valence-corrected chi connectivity index (χ1v) is 5.54. The van der Waals surface area contributed by atoms with E-state index in [1.54, 1.807) is 0 Å². The third kappa shape index (κ3) is 2.14. The fourth-order valence-corrected chi connectivity index (χ4v) is 2.24. The molecular weight excluding hydrogens is 252 g/mol. The predicted molar refractivity (Wildman–Crippen MR) is 64.3 cm³/mol. The zero-order valence-electron chi connectivity index (χ0n) is 10.1.